The Morgan fingerprint density at radius 1 is 1.29 bits per heavy atom. The third kappa shape index (κ3) is 4.50. The zero-order chi connectivity index (χ0) is 16.1. The molecule has 0 saturated carbocycles. The summed E-state index contributed by atoms with van der Waals surface area (Å²) < 4.78 is 10.7. The van der Waals surface area contributed by atoms with E-state index in [2.05, 4.69) is 27.6 Å². The van der Waals surface area contributed by atoms with E-state index >= 15 is 0 Å². The summed E-state index contributed by atoms with van der Waals surface area (Å²) in [5.41, 5.74) is 1.79. The molecule has 3 rings (SSSR count). The summed E-state index contributed by atoms with van der Waals surface area (Å²) in [6.07, 6.45) is 2.37. The van der Waals surface area contributed by atoms with Crippen molar-refractivity contribution in [1.29, 1.82) is 0 Å². The van der Waals surface area contributed by atoms with Crippen molar-refractivity contribution in [1.82, 2.24) is 15.4 Å². The van der Waals surface area contributed by atoms with Crippen LogP contribution in [0.4, 0.5) is 0 Å². The van der Waals surface area contributed by atoms with Crippen LogP contribution in [-0.4, -0.2) is 36.7 Å². The summed E-state index contributed by atoms with van der Waals surface area (Å²) in [7, 11) is 3.73. The van der Waals surface area contributed by atoms with Gasteiger partial charge in [-0.15, -0.1) is 24.0 Å². The Morgan fingerprint density at radius 2 is 2.12 bits per heavy atom. The summed E-state index contributed by atoms with van der Waals surface area (Å²) in [6.45, 7) is 1.39. The third-order valence-corrected chi connectivity index (χ3v) is 3.59. The van der Waals surface area contributed by atoms with Crippen LogP contribution in [-0.2, 0) is 13.0 Å². The number of hydrogen-bond acceptors (Lipinski definition) is 4. The van der Waals surface area contributed by atoms with Crippen LogP contribution in [0.15, 0.2) is 56.6 Å². The molecule has 1 aromatic carbocycles. The Kier molecular flexibility index (Phi) is 6.65. The maximum atomic E-state index is 5.81. The Bertz CT molecular complexity index is 750. The van der Waals surface area contributed by atoms with Crippen LogP contribution in [0.3, 0.4) is 0 Å². The molecule has 0 aliphatic heterocycles. The molecule has 6 nitrogen and oxygen atoms in total. The second-order valence-electron chi connectivity index (χ2n) is 5.32. The average molecular weight is 440 g/mol. The average Bonchev–Trinajstić information content (AvgIpc) is 3.20. The number of benzene rings is 1. The van der Waals surface area contributed by atoms with Crippen LogP contribution in [0.1, 0.15) is 11.5 Å². The molecular formula is C17H21IN4O2. The fourth-order valence-electron chi connectivity index (χ4n) is 2.48. The van der Waals surface area contributed by atoms with Crippen LogP contribution in [0.5, 0.6) is 0 Å². The highest BCUT2D eigenvalue weighted by atomic mass is 127. The van der Waals surface area contributed by atoms with Gasteiger partial charge >= 0.3 is 0 Å². The van der Waals surface area contributed by atoms with Gasteiger partial charge in [0.15, 0.2) is 5.96 Å². The largest absolute Gasteiger partial charge is 0.461 e. The fourth-order valence-corrected chi connectivity index (χ4v) is 2.48. The standard InChI is InChI=1S/C17H20N4O2.HI/c1-18-17(21(2)12-14-8-10-22-20-14)19-9-7-15-11-13-5-3-4-6-16(13)23-15;/h3-6,8,10-11H,7,9,12H2,1-2H3,(H,18,19);1H. The number of aromatic nitrogens is 1. The van der Waals surface area contributed by atoms with Gasteiger partial charge in [0.05, 0.1) is 6.54 Å². The summed E-state index contributed by atoms with van der Waals surface area (Å²) in [5.74, 6) is 1.78. The van der Waals surface area contributed by atoms with Gasteiger partial charge in [-0.2, -0.15) is 0 Å². The second-order valence-corrected chi connectivity index (χ2v) is 5.32. The van der Waals surface area contributed by atoms with E-state index in [9.17, 15) is 0 Å². The molecule has 0 saturated heterocycles. The third-order valence-electron chi connectivity index (χ3n) is 3.59. The number of halogens is 1. The molecule has 7 heteroatoms. The van der Waals surface area contributed by atoms with E-state index in [-0.39, 0.29) is 24.0 Å². The molecule has 0 radical (unpaired) electrons. The van der Waals surface area contributed by atoms with Crippen molar-refractivity contribution in [3.05, 3.63) is 54.1 Å². The van der Waals surface area contributed by atoms with Gasteiger partial charge in [-0.1, -0.05) is 23.4 Å². The first-order valence-corrected chi connectivity index (χ1v) is 7.55. The van der Waals surface area contributed by atoms with Crippen molar-refractivity contribution >= 4 is 40.9 Å². The van der Waals surface area contributed by atoms with E-state index in [1.807, 2.05) is 36.2 Å². The quantitative estimate of drug-likeness (QED) is 0.375. The summed E-state index contributed by atoms with van der Waals surface area (Å²) in [6, 6.07) is 12.0. The molecule has 128 valence electrons. The van der Waals surface area contributed by atoms with Crippen molar-refractivity contribution in [3.8, 4) is 0 Å². The fraction of sp³-hybridized carbons (Fsp3) is 0.294. The zero-order valence-corrected chi connectivity index (χ0v) is 16.1. The van der Waals surface area contributed by atoms with Crippen molar-refractivity contribution in [2.24, 2.45) is 4.99 Å². The summed E-state index contributed by atoms with van der Waals surface area (Å²) >= 11 is 0. The number of fused-ring (bicyclic) bond motifs is 1. The molecule has 0 aliphatic carbocycles. The van der Waals surface area contributed by atoms with E-state index in [0.29, 0.717) is 6.54 Å². The second kappa shape index (κ2) is 8.72. The van der Waals surface area contributed by atoms with Crippen molar-refractivity contribution < 1.29 is 8.94 Å². The molecular weight excluding hydrogens is 419 g/mol. The Hall–Kier alpha value is -2.03. The first-order chi connectivity index (χ1) is 11.3. The van der Waals surface area contributed by atoms with E-state index in [4.69, 9.17) is 8.94 Å². The Labute approximate surface area is 157 Å². The highest BCUT2D eigenvalue weighted by Crippen LogP contribution is 2.18. The number of rotatable bonds is 5. The molecule has 24 heavy (non-hydrogen) atoms. The monoisotopic (exact) mass is 440 g/mol. The number of para-hydroxylation sites is 1. The van der Waals surface area contributed by atoms with E-state index in [1.165, 1.54) is 0 Å². The normalized spacial score (nSPS) is 11.3. The molecule has 0 aliphatic rings. The molecule has 1 N–H and O–H groups in total. The minimum Gasteiger partial charge on any atom is -0.461 e. The lowest BCUT2D eigenvalue weighted by molar-refractivity contribution is 0.391. The highest BCUT2D eigenvalue weighted by Gasteiger charge is 2.09. The van der Waals surface area contributed by atoms with E-state index < -0.39 is 0 Å². The van der Waals surface area contributed by atoms with Gasteiger partial charge in [-0.05, 0) is 12.1 Å². The van der Waals surface area contributed by atoms with Crippen molar-refractivity contribution in [2.45, 2.75) is 13.0 Å². The molecule has 0 atom stereocenters. The Morgan fingerprint density at radius 3 is 2.83 bits per heavy atom. The van der Waals surface area contributed by atoms with Crippen molar-refractivity contribution in [2.75, 3.05) is 20.6 Å². The van der Waals surface area contributed by atoms with Gasteiger partial charge in [-0.3, -0.25) is 4.99 Å². The van der Waals surface area contributed by atoms with Gasteiger partial charge in [0.1, 0.15) is 23.3 Å². The zero-order valence-electron chi connectivity index (χ0n) is 13.7. The van der Waals surface area contributed by atoms with Crippen LogP contribution < -0.4 is 5.32 Å². The molecule has 0 spiro atoms. The van der Waals surface area contributed by atoms with Gasteiger partial charge in [0.2, 0.25) is 0 Å². The maximum absolute atomic E-state index is 5.81. The molecule has 0 amide bonds. The number of guanidine groups is 1. The SMILES string of the molecule is CN=C(NCCc1cc2ccccc2o1)N(C)Cc1ccon1.I. The summed E-state index contributed by atoms with van der Waals surface area (Å²) in [5, 5.41) is 8.38. The smallest absolute Gasteiger partial charge is 0.193 e. The molecule has 3 aromatic rings. The number of nitrogens with one attached hydrogen (secondary N) is 1. The number of furan rings is 1. The number of aliphatic imine (C=N–C) groups is 1. The lowest BCUT2D eigenvalue weighted by Crippen LogP contribution is -2.39. The van der Waals surface area contributed by atoms with Crippen LogP contribution in [0.2, 0.25) is 0 Å². The topological polar surface area (TPSA) is 66.8 Å². The lowest BCUT2D eigenvalue weighted by atomic mass is 10.2. The van der Waals surface area contributed by atoms with E-state index in [0.717, 1.165) is 41.3 Å². The molecule has 2 heterocycles. The number of hydrogen-bond donors (Lipinski definition) is 1. The van der Waals surface area contributed by atoms with Gasteiger partial charge in [0.25, 0.3) is 0 Å². The van der Waals surface area contributed by atoms with Gasteiger partial charge in [0, 0.05) is 38.5 Å². The minimum absolute atomic E-state index is 0. The van der Waals surface area contributed by atoms with Crippen LogP contribution in [0, 0.1) is 0 Å². The summed E-state index contributed by atoms with van der Waals surface area (Å²) in [4.78, 5) is 6.28. The molecule has 0 fully saturated rings. The predicted molar refractivity (Wildman–Crippen MR) is 105 cm³/mol. The lowest BCUT2D eigenvalue weighted by Gasteiger charge is -2.20. The maximum Gasteiger partial charge on any atom is 0.193 e. The van der Waals surface area contributed by atoms with Gasteiger partial charge < -0.3 is 19.2 Å². The van der Waals surface area contributed by atoms with Crippen LogP contribution >= 0.6 is 24.0 Å². The Balaban J connectivity index is 0.00000208. The molecule has 0 unspecified atom stereocenters. The first kappa shape index (κ1) is 18.3. The predicted octanol–water partition coefficient (Wildman–Crippen LogP) is 3.29. The highest BCUT2D eigenvalue weighted by molar-refractivity contribution is 14.0. The minimum atomic E-state index is 0. The first-order valence-electron chi connectivity index (χ1n) is 7.55. The van der Waals surface area contributed by atoms with Crippen LogP contribution in [0.25, 0.3) is 11.0 Å². The van der Waals surface area contributed by atoms with Gasteiger partial charge in [-0.25, -0.2) is 0 Å². The number of nitrogens with zero attached hydrogens (tertiary/aromatic N) is 3. The molecule has 0 bridgehead atoms. The van der Waals surface area contributed by atoms with Crippen molar-refractivity contribution in [3.63, 3.8) is 0 Å². The van der Waals surface area contributed by atoms with E-state index in [1.54, 1.807) is 13.3 Å². The molecule has 2 aromatic heterocycles.